The van der Waals surface area contributed by atoms with Crippen molar-refractivity contribution in [1.82, 2.24) is 0 Å². The zero-order valence-corrected chi connectivity index (χ0v) is 16.9. The third kappa shape index (κ3) is 5.97. The highest BCUT2D eigenvalue weighted by molar-refractivity contribution is 5.97. The summed E-state index contributed by atoms with van der Waals surface area (Å²) in [4.78, 5) is 24.7. The van der Waals surface area contributed by atoms with Gasteiger partial charge in [0.1, 0.15) is 12.4 Å². The summed E-state index contributed by atoms with van der Waals surface area (Å²) in [6, 6.07) is 10.3. The van der Waals surface area contributed by atoms with Crippen LogP contribution >= 0.6 is 0 Å². The molecular formula is C22H23F3N2O4. The molecule has 9 heteroatoms. The van der Waals surface area contributed by atoms with Crippen molar-refractivity contribution in [1.29, 1.82) is 0 Å². The zero-order valence-electron chi connectivity index (χ0n) is 16.9. The van der Waals surface area contributed by atoms with E-state index in [1.165, 1.54) is 13.2 Å². The molecule has 0 aromatic heterocycles. The van der Waals surface area contributed by atoms with E-state index in [9.17, 15) is 22.8 Å². The molecule has 2 aromatic rings. The molecule has 0 unspecified atom stereocenters. The first-order valence-electron chi connectivity index (χ1n) is 9.79. The Kier molecular flexibility index (Phi) is 7.17. The molecule has 166 valence electrons. The van der Waals surface area contributed by atoms with Crippen LogP contribution in [0.15, 0.2) is 42.5 Å². The molecule has 0 spiro atoms. The fourth-order valence-corrected chi connectivity index (χ4v) is 3.33. The van der Waals surface area contributed by atoms with Crippen molar-refractivity contribution in [3.05, 3.63) is 53.6 Å². The van der Waals surface area contributed by atoms with Crippen molar-refractivity contribution in [3.8, 4) is 5.75 Å². The first-order chi connectivity index (χ1) is 14.8. The Morgan fingerprint density at radius 1 is 1.19 bits per heavy atom. The van der Waals surface area contributed by atoms with Gasteiger partial charge in [-0.15, -0.1) is 0 Å². The van der Waals surface area contributed by atoms with E-state index in [-0.39, 0.29) is 49.3 Å². The summed E-state index contributed by atoms with van der Waals surface area (Å²) in [6.45, 7) is 0.360. The maximum atomic E-state index is 13.1. The third-order valence-corrected chi connectivity index (χ3v) is 4.96. The number of rotatable bonds is 8. The number of carbonyl (C=O) groups is 2. The number of anilines is 2. The highest BCUT2D eigenvalue weighted by atomic mass is 19.4. The van der Waals surface area contributed by atoms with Crippen molar-refractivity contribution in [2.24, 2.45) is 5.92 Å². The summed E-state index contributed by atoms with van der Waals surface area (Å²) in [6.07, 6.45) is -3.80. The monoisotopic (exact) mass is 436 g/mol. The molecule has 2 aromatic carbocycles. The topological polar surface area (TPSA) is 76.7 Å². The smallest absolute Gasteiger partial charge is 0.416 e. The number of methoxy groups -OCH3 is 1. The number of halogens is 3. The Morgan fingerprint density at radius 2 is 1.97 bits per heavy atom. The SMILES string of the molecule is COCCOc1ccc(C(F)(F)F)cc1NC(=O)CC[C@@H]1Cc2ccccc2NC1=O. The Balaban J connectivity index is 1.65. The van der Waals surface area contributed by atoms with Crippen molar-refractivity contribution in [2.75, 3.05) is 31.0 Å². The second kappa shape index (κ2) is 9.82. The van der Waals surface area contributed by atoms with Gasteiger partial charge in [0.05, 0.1) is 17.9 Å². The maximum absolute atomic E-state index is 13.1. The largest absolute Gasteiger partial charge is 0.489 e. The number of benzene rings is 2. The number of amides is 2. The quantitative estimate of drug-likeness (QED) is 0.607. The van der Waals surface area contributed by atoms with E-state index in [0.717, 1.165) is 23.4 Å². The predicted molar refractivity (Wildman–Crippen MR) is 109 cm³/mol. The van der Waals surface area contributed by atoms with Crippen LogP contribution in [0, 0.1) is 5.92 Å². The van der Waals surface area contributed by atoms with Crippen LogP contribution in [0.25, 0.3) is 0 Å². The van der Waals surface area contributed by atoms with Crippen molar-refractivity contribution < 1.29 is 32.2 Å². The summed E-state index contributed by atoms with van der Waals surface area (Å²) >= 11 is 0. The van der Waals surface area contributed by atoms with E-state index in [1.807, 2.05) is 24.3 Å². The number of hydrogen-bond donors (Lipinski definition) is 2. The molecule has 1 aliphatic heterocycles. The van der Waals surface area contributed by atoms with Gasteiger partial charge in [-0.2, -0.15) is 13.2 Å². The molecule has 3 rings (SSSR count). The number of alkyl halides is 3. The van der Waals surface area contributed by atoms with Gasteiger partial charge >= 0.3 is 6.18 Å². The fourth-order valence-electron chi connectivity index (χ4n) is 3.33. The zero-order chi connectivity index (χ0) is 22.4. The molecule has 0 fully saturated rings. The normalized spacial score (nSPS) is 15.7. The van der Waals surface area contributed by atoms with Gasteiger partial charge < -0.3 is 20.1 Å². The van der Waals surface area contributed by atoms with Crippen LogP contribution < -0.4 is 15.4 Å². The van der Waals surface area contributed by atoms with Crippen LogP contribution in [0.3, 0.4) is 0 Å². The average Bonchev–Trinajstić information content (AvgIpc) is 2.72. The van der Waals surface area contributed by atoms with E-state index in [2.05, 4.69) is 10.6 Å². The summed E-state index contributed by atoms with van der Waals surface area (Å²) < 4.78 is 49.5. The number of carbonyl (C=O) groups excluding carboxylic acids is 2. The Morgan fingerprint density at radius 3 is 2.71 bits per heavy atom. The Bertz CT molecular complexity index is 947. The van der Waals surface area contributed by atoms with Crippen LogP contribution in [0.2, 0.25) is 0 Å². The molecular weight excluding hydrogens is 413 g/mol. The van der Waals surface area contributed by atoms with Crippen LogP contribution in [0.5, 0.6) is 5.75 Å². The molecule has 0 saturated carbocycles. The standard InChI is InChI=1S/C22H23F3N2O4/c1-30-10-11-31-19-8-7-16(22(23,24)25)13-18(19)26-20(28)9-6-15-12-14-4-2-3-5-17(14)27-21(15)29/h2-5,7-8,13,15H,6,9-12H2,1H3,(H,26,28)(H,27,29)/t15-/m1/s1. The molecule has 6 nitrogen and oxygen atoms in total. The summed E-state index contributed by atoms with van der Waals surface area (Å²) in [7, 11) is 1.47. The molecule has 0 bridgehead atoms. The van der Waals surface area contributed by atoms with E-state index in [0.29, 0.717) is 6.42 Å². The summed E-state index contributed by atoms with van der Waals surface area (Å²) in [5.74, 6) is -0.945. The van der Waals surface area contributed by atoms with Crippen LogP contribution in [0.4, 0.5) is 24.5 Å². The van der Waals surface area contributed by atoms with Crippen molar-refractivity contribution >= 4 is 23.2 Å². The average molecular weight is 436 g/mol. The molecule has 1 aliphatic rings. The van der Waals surface area contributed by atoms with E-state index >= 15 is 0 Å². The lowest BCUT2D eigenvalue weighted by Crippen LogP contribution is -2.30. The van der Waals surface area contributed by atoms with Gasteiger partial charge in [-0.25, -0.2) is 0 Å². The molecule has 1 atom stereocenters. The first kappa shape index (κ1) is 22.6. The third-order valence-electron chi connectivity index (χ3n) is 4.96. The van der Waals surface area contributed by atoms with Gasteiger partial charge in [-0.05, 0) is 42.7 Å². The number of nitrogens with one attached hydrogen (secondary N) is 2. The molecule has 1 heterocycles. The molecule has 0 radical (unpaired) electrons. The van der Waals surface area contributed by atoms with Gasteiger partial charge in [-0.1, -0.05) is 18.2 Å². The van der Waals surface area contributed by atoms with Gasteiger partial charge in [-0.3, -0.25) is 9.59 Å². The minimum absolute atomic E-state index is 0.0198. The summed E-state index contributed by atoms with van der Waals surface area (Å²) in [5, 5.41) is 5.30. The van der Waals surface area contributed by atoms with E-state index in [4.69, 9.17) is 9.47 Å². The van der Waals surface area contributed by atoms with Gasteiger partial charge in [0.15, 0.2) is 0 Å². The van der Waals surface area contributed by atoms with Crippen LogP contribution in [-0.2, 0) is 26.9 Å². The first-order valence-corrected chi connectivity index (χ1v) is 9.79. The minimum atomic E-state index is -4.56. The van der Waals surface area contributed by atoms with Gasteiger partial charge in [0.2, 0.25) is 11.8 Å². The highest BCUT2D eigenvalue weighted by Gasteiger charge is 2.31. The number of fused-ring (bicyclic) bond motifs is 1. The van der Waals surface area contributed by atoms with Crippen LogP contribution in [-0.4, -0.2) is 32.1 Å². The number of para-hydroxylation sites is 1. The van der Waals surface area contributed by atoms with E-state index in [1.54, 1.807) is 0 Å². The Hall–Kier alpha value is -3.07. The molecule has 2 amide bonds. The van der Waals surface area contributed by atoms with Crippen molar-refractivity contribution in [2.45, 2.75) is 25.4 Å². The lowest BCUT2D eigenvalue weighted by atomic mass is 9.89. The van der Waals surface area contributed by atoms with Crippen LogP contribution in [0.1, 0.15) is 24.0 Å². The number of ether oxygens (including phenoxy) is 2. The molecule has 0 aliphatic carbocycles. The van der Waals surface area contributed by atoms with Crippen molar-refractivity contribution in [3.63, 3.8) is 0 Å². The number of hydrogen-bond acceptors (Lipinski definition) is 4. The summed E-state index contributed by atoms with van der Waals surface area (Å²) in [5.41, 5.74) is 0.772. The van der Waals surface area contributed by atoms with Gasteiger partial charge in [0.25, 0.3) is 0 Å². The molecule has 0 saturated heterocycles. The minimum Gasteiger partial charge on any atom is -0.489 e. The lowest BCUT2D eigenvalue weighted by Gasteiger charge is -2.24. The lowest BCUT2D eigenvalue weighted by molar-refractivity contribution is -0.137. The second-order valence-corrected chi connectivity index (χ2v) is 7.18. The van der Waals surface area contributed by atoms with Gasteiger partial charge in [0, 0.05) is 25.1 Å². The second-order valence-electron chi connectivity index (χ2n) is 7.18. The Labute approximate surface area is 177 Å². The predicted octanol–water partition coefficient (Wildman–Crippen LogP) is 4.26. The molecule has 31 heavy (non-hydrogen) atoms. The highest BCUT2D eigenvalue weighted by Crippen LogP contribution is 2.35. The van der Waals surface area contributed by atoms with E-state index < -0.39 is 17.6 Å². The molecule has 2 N–H and O–H groups in total. The fraction of sp³-hybridized carbons (Fsp3) is 0.364. The maximum Gasteiger partial charge on any atom is 0.416 e.